The van der Waals surface area contributed by atoms with Crippen LogP contribution in [0.1, 0.15) is 30.0 Å². The summed E-state index contributed by atoms with van der Waals surface area (Å²) in [6.07, 6.45) is 2.06. The summed E-state index contributed by atoms with van der Waals surface area (Å²) in [5.74, 6) is 0. The topological polar surface area (TPSA) is 27.0 Å². The van der Waals surface area contributed by atoms with E-state index < -0.39 is 0 Å². The van der Waals surface area contributed by atoms with E-state index in [9.17, 15) is 5.26 Å². The van der Waals surface area contributed by atoms with Crippen LogP contribution in [0, 0.1) is 23.7 Å². The lowest BCUT2D eigenvalue weighted by Gasteiger charge is -2.30. The van der Waals surface area contributed by atoms with Gasteiger partial charge in [0.05, 0.1) is 17.5 Å². The van der Waals surface area contributed by atoms with Crippen molar-refractivity contribution in [1.82, 2.24) is 4.90 Å². The highest BCUT2D eigenvalue weighted by Gasteiger charge is 2.51. The van der Waals surface area contributed by atoms with Crippen LogP contribution in [-0.4, -0.2) is 19.0 Å². The third kappa shape index (κ3) is 1.72. The van der Waals surface area contributed by atoms with E-state index in [1.165, 1.54) is 11.1 Å². The molecule has 1 atom stereocenters. The fraction of sp³-hybridized carbons (Fsp3) is 0.500. The van der Waals surface area contributed by atoms with Crippen molar-refractivity contribution < 1.29 is 0 Å². The molecule has 0 saturated heterocycles. The van der Waals surface area contributed by atoms with Gasteiger partial charge in [-0.2, -0.15) is 5.26 Å². The third-order valence-corrected chi connectivity index (χ3v) is 3.53. The van der Waals surface area contributed by atoms with Crippen molar-refractivity contribution in [3.8, 4) is 6.07 Å². The van der Waals surface area contributed by atoms with E-state index in [1.54, 1.807) is 0 Å². The molecule has 0 spiro atoms. The van der Waals surface area contributed by atoms with Gasteiger partial charge in [-0.25, -0.2) is 0 Å². The first kappa shape index (κ1) is 11.2. The average molecular weight is 214 g/mol. The van der Waals surface area contributed by atoms with Gasteiger partial charge in [-0.3, -0.25) is 0 Å². The summed E-state index contributed by atoms with van der Waals surface area (Å²) >= 11 is 0. The van der Waals surface area contributed by atoms with E-state index >= 15 is 0 Å². The zero-order chi connectivity index (χ0) is 11.8. The molecule has 1 aromatic rings. The van der Waals surface area contributed by atoms with Crippen LogP contribution in [0.3, 0.4) is 0 Å². The minimum absolute atomic E-state index is 0.143. The second-order valence-electron chi connectivity index (χ2n) is 4.99. The number of nitrogens with zero attached hydrogens (tertiary/aromatic N) is 2. The maximum atomic E-state index is 9.35. The van der Waals surface area contributed by atoms with Crippen molar-refractivity contribution in [2.45, 2.75) is 25.8 Å². The van der Waals surface area contributed by atoms with Gasteiger partial charge >= 0.3 is 0 Å². The highest BCUT2D eigenvalue weighted by Crippen LogP contribution is 2.56. The fourth-order valence-electron chi connectivity index (χ4n) is 2.54. The molecule has 16 heavy (non-hydrogen) atoms. The first-order valence-electron chi connectivity index (χ1n) is 5.74. The normalized spacial score (nSPS) is 19.2. The number of aryl methyl sites for hydroxylation is 1. The van der Waals surface area contributed by atoms with Crippen molar-refractivity contribution in [2.75, 3.05) is 14.1 Å². The molecule has 2 nitrogen and oxygen atoms in total. The second kappa shape index (κ2) is 3.92. The molecule has 2 heteroatoms. The Morgan fingerprint density at radius 1 is 1.31 bits per heavy atom. The van der Waals surface area contributed by atoms with Crippen molar-refractivity contribution in [3.05, 3.63) is 35.4 Å². The molecule has 2 rings (SSSR count). The molecule has 1 fully saturated rings. The lowest BCUT2D eigenvalue weighted by Crippen LogP contribution is -2.28. The number of hydrogen-bond acceptors (Lipinski definition) is 2. The first-order valence-corrected chi connectivity index (χ1v) is 5.74. The molecule has 0 heterocycles. The molecule has 0 bridgehead atoms. The highest BCUT2D eigenvalue weighted by atomic mass is 15.1. The van der Waals surface area contributed by atoms with Crippen LogP contribution in [0.4, 0.5) is 0 Å². The van der Waals surface area contributed by atoms with E-state index in [1.807, 2.05) is 0 Å². The molecular weight excluding hydrogens is 196 g/mol. The van der Waals surface area contributed by atoms with Gasteiger partial charge in [0.2, 0.25) is 0 Å². The Hall–Kier alpha value is -1.33. The molecule has 1 saturated carbocycles. The highest BCUT2D eigenvalue weighted by molar-refractivity contribution is 5.34. The van der Waals surface area contributed by atoms with E-state index in [0.717, 1.165) is 12.8 Å². The Bertz CT molecular complexity index is 425. The molecule has 1 aromatic carbocycles. The minimum atomic E-state index is -0.143. The van der Waals surface area contributed by atoms with Crippen LogP contribution >= 0.6 is 0 Å². The van der Waals surface area contributed by atoms with Crippen molar-refractivity contribution in [1.29, 1.82) is 5.26 Å². The smallest absolute Gasteiger partial charge is 0.0771 e. The largest absolute Gasteiger partial charge is 0.301 e. The summed E-state index contributed by atoms with van der Waals surface area (Å²) < 4.78 is 0. The maximum Gasteiger partial charge on any atom is 0.0771 e. The molecule has 1 unspecified atom stereocenters. The molecule has 1 aliphatic rings. The van der Waals surface area contributed by atoms with Gasteiger partial charge in [0.1, 0.15) is 0 Å². The molecule has 0 aliphatic heterocycles. The number of nitriles is 1. The molecular formula is C14H18N2. The van der Waals surface area contributed by atoms with Crippen molar-refractivity contribution in [2.24, 2.45) is 5.41 Å². The van der Waals surface area contributed by atoms with Gasteiger partial charge in [0, 0.05) is 0 Å². The third-order valence-electron chi connectivity index (χ3n) is 3.53. The van der Waals surface area contributed by atoms with Gasteiger partial charge < -0.3 is 4.90 Å². The van der Waals surface area contributed by atoms with Crippen LogP contribution in [-0.2, 0) is 0 Å². The minimum Gasteiger partial charge on any atom is -0.301 e. The molecule has 0 aromatic heterocycles. The molecule has 84 valence electrons. The van der Waals surface area contributed by atoms with E-state index in [0.29, 0.717) is 0 Å². The van der Waals surface area contributed by atoms with Crippen molar-refractivity contribution >= 4 is 0 Å². The lowest BCUT2D eigenvalue weighted by atomic mass is 9.88. The summed E-state index contributed by atoms with van der Waals surface area (Å²) in [6, 6.07) is 11.1. The predicted octanol–water partition coefficient (Wildman–Crippen LogP) is 2.90. The van der Waals surface area contributed by atoms with Crippen LogP contribution in [0.25, 0.3) is 0 Å². The predicted molar refractivity (Wildman–Crippen MR) is 64.9 cm³/mol. The monoisotopic (exact) mass is 214 g/mol. The van der Waals surface area contributed by atoms with Crippen LogP contribution < -0.4 is 0 Å². The van der Waals surface area contributed by atoms with Gasteiger partial charge in [-0.1, -0.05) is 24.3 Å². The molecule has 0 amide bonds. The first-order chi connectivity index (χ1) is 7.60. The van der Waals surface area contributed by atoms with E-state index in [4.69, 9.17) is 0 Å². The van der Waals surface area contributed by atoms with Gasteiger partial charge in [-0.15, -0.1) is 0 Å². The van der Waals surface area contributed by atoms with E-state index in [2.05, 4.69) is 56.3 Å². The SMILES string of the molecule is Cc1ccccc1C(N(C)C)C1(C#N)CC1. The van der Waals surface area contributed by atoms with Crippen LogP contribution in [0.2, 0.25) is 0 Å². The Morgan fingerprint density at radius 2 is 1.94 bits per heavy atom. The number of hydrogen-bond donors (Lipinski definition) is 0. The van der Waals surface area contributed by atoms with Gasteiger partial charge in [0.15, 0.2) is 0 Å². The summed E-state index contributed by atoms with van der Waals surface area (Å²) in [6.45, 7) is 2.12. The zero-order valence-corrected chi connectivity index (χ0v) is 10.2. The summed E-state index contributed by atoms with van der Waals surface area (Å²) in [5, 5.41) is 9.35. The van der Waals surface area contributed by atoms with Crippen LogP contribution in [0.5, 0.6) is 0 Å². The fourth-order valence-corrected chi connectivity index (χ4v) is 2.54. The lowest BCUT2D eigenvalue weighted by molar-refractivity contribution is 0.231. The summed E-state index contributed by atoms with van der Waals surface area (Å²) in [5.41, 5.74) is 2.43. The number of rotatable bonds is 3. The maximum absolute atomic E-state index is 9.35. The summed E-state index contributed by atoms with van der Waals surface area (Å²) in [4.78, 5) is 2.18. The van der Waals surface area contributed by atoms with Gasteiger partial charge in [0.25, 0.3) is 0 Å². The van der Waals surface area contributed by atoms with E-state index in [-0.39, 0.29) is 11.5 Å². The Morgan fingerprint density at radius 3 is 2.38 bits per heavy atom. The second-order valence-corrected chi connectivity index (χ2v) is 4.99. The standard InChI is InChI=1S/C14H18N2/c1-11-6-4-5-7-12(11)13(16(2)3)14(10-15)8-9-14/h4-7,13H,8-9H2,1-3H3. The van der Waals surface area contributed by atoms with Crippen LogP contribution in [0.15, 0.2) is 24.3 Å². The number of benzene rings is 1. The summed E-state index contributed by atoms with van der Waals surface area (Å²) in [7, 11) is 4.13. The van der Waals surface area contributed by atoms with Gasteiger partial charge in [-0.05, 0) is 45.0 Å². The Kier molecular flexibility index (Phi) is 2.73. The molecule has 1 aliphatic carbocycles. The molecule has 0 N–H and O–H groups in total. The molecule has 0 radical (unpaired) electrons. The quantitative estimate of drug-likeness (QED) is 0.773. The zero-order valence-electron chi connectivity index (χ0n) is 10.2. The Labute approximate surface area is 97.5 Å². The van der Waals surface area contributed by atoms with Crippen molar-refractivity contribution in [3.63, 3.8) is 0 Å². The average Bonchev–Trinajstić information content (AvgIpc) is 3.02. The Balaban J connectivity index is 2.43.